The van der Waals surface area contributed by atoms with Crippen LogP contribution in [0, 0.1) is 0 Å². The van der Waals surface area contributed by atoms with Gasteiger partial charge in [0.05, 0.1) is 16.2 Å². The summed E-state index contributed by atoms with van der Waals surface area (Å²) in [6, 6.07) is 1.27. The summed E-state index contributed by atoms with van der Waals surface area (Å²) in [4.78, 5) is 16.4. The maximum absolute atomic E-state index is 13.1. The highest BCUT2D eigenvalue weighted by Gasteiger charge is 2.41. The third kappa shape index (κ3) is 5.68. The lowest BCUT2D eigenvalue weighted by atomic mass is 10.2. The fourth-order valence-electron chi connectivity index (χ4n) is 3.15. The lowest BCUT2D eigenvalue weighted by Crippen LogP contribution is -2.34. The van der Waals surface area contributed by atoms with Crippen LogP contribution in [-0.4, -0.2) is 45.1 Å². The van der Waals surface area contributed by atoms with Crippen molar-refractivity contribution in [2.75, 3.05) is 0 Å². The van der Waals surface area contributed by atoms with Crippen LogP contribution in [0.1, 0.15) is 57.7 Å². The molecule has 14 heteroatoms. The quantitative estimate of drug-likeness (QED) is 0.340. The van der Waals surface area contributed by atoms with E-state index in [0.29, 0.717) is 24.2 Å². The average molecular weight is 546 g/mol. The Morgan fingerprint density at radius 1 is 1.34 bits per heavy atom. The van der Waals surface area contributed by atoms with E-state index in [4.69, 9.17) is 16.3 Å². The topological polar surface area (TPSA) is 116 Å². The van der Waals surface area contributed by atoms with Crippen molar-refractivity contribution in [2.24, 2.45) is 0 Å². The van der Waals surface area contributed by atoms with Crippen LogP contribution in [0.2, 0.25) is 5.02 Å². The summed E-state index contributed by atoms with van der Waals surface area (Å²) >= 11 is 7.10. The summed E-state index contributed by atoms with van der Waals surface area (Å²) < 4.78 is 61.4. The Morgan fingerprint density at radius 3 is 2.60 bits per heavy atom. The van der Waals surface area contributed by atoms with E-state index in [1.165, 1.54) is 22.7 Å². The van der Waals surface area contributed by atoms with Gasteiger partial charge in [-0.3, -0.25) is 4.40 Å². The van der Waals surface area contributed by atoms with Crippen LogP contribution in [0.3, 0.4) is 0 Å². The molecule has 1 fully saturated rings. The van der Waals surface area contributed by atoms with Crippen molar-refractivity contribution in [2.45, 2.75) is 63.0 Å². The van der Waals surface area contributed by atoms with Crippen molar-refractivity contribution in [1.82, 2.24) is 24.3 Å². The number of halogens is 3. The summed E-state index contributed by atoms with van der Waals surface area (Å²) in [6.45, 7) is 6.94. The molecule has 0 amide bonds. The van der Waals surface area contributed by atoms with Crippen molar-refractivity contribution in [3.8, 4) is 10.8 Å². The molecule has 3 aromatic heterocycles. The Hall–Kier alpha value is -2.48. The monoisotopic (exact) mass is 545 g/mol. The molecule has 3 heterocycles. The molecule has 0 aromatic carbocycles. The number of ether oxygens (including phenoxy) is 1. The van der Waals surface area contributed by atoms with Crippen LogP contribution in [0.25, 0.3) is 22.4 Å². The zero-order chi connectivity index (χ0) is 25.8. The molecule has 0 saturated heterocycles. The number of nitrogens with one attached hydrogen (secondary N) is 1. The predicted octanol–water partition coefficient (Wildman–Crippen LogP) is 4.63. The number of sulfonamides is 1. The van der Waals surface area contributed by atoms with Gasteiger partial charge in [0.2, 0.25) is 10.0 Å². The van der Waals surface area contributed by atoms with Crippen molar-refractivity contribution < 1.29 is 26.7 Å². The molecule has 0 bridgehead atoms. The standard InChI is InChI=1S/C21H22ClF2N5O4S2/c1-20(2,3)33-14(30)6-5-13-15-12(22)9-11(35(31,32)28-21(4)7-8-21)10-29(15)17(25-13)19-27-26-18(34-19)16(23)24/h5-6,9-10,16,28H,7-8H2,1-4H3/b6-5+. The number of alkyl halides is 2. The molecule has 0 radical (unpaired) electrons. The van der Waals surface area contributed by atoms with E-state index in [-0.39, 0.29) is 32.0 Å². The van der Waals surface area contributed by atoms with Crippen LogP contribution in [0.5, 0.6) is 0 Å². The van der Waals surface area contributed by atoms with Gasteiger partial charge in [0.25, 0.3) is 6.43 Å². The molecule has 1 aliphatic carbocycles. The fourth-order valence-corrected chi connectivity index (χ4v) is 5.70. The van der Waals surface area contributed by atoms with Crippen LogP contribution in [0.4, 0.5) is 8.78 Å². The Balaban J connectivity index is 1.85. The number of fused-ring (bicyclic) bond motifs is 1. The van der Waals surface area contributed by atoms with Gasteiger partial charge >= 0.3 is 5.97 Å². The van der Waals surface area contributed by atoms with E-state index < -0.39 is 38.6 Å². The first-order valence-corrected chi connectivity index (χ1v) is 13.1. The molecular formula is C21H22ClF2N5O4S2. The minimum absolute atomic E-state index is 0.0232. The third-order valence-electron chi connectivity index (χ3n) is 4.98. The van der Waals surface area contributed by atoms with Crippen LogP contribution in [0.15, 0.2) is 23.2 Å². The van der Waals surface area contributed by atoms with E-state index in [0.717, 1.165) is 6.08 Å². The normalized spacial score (nSPS) is 15.9. The molecule has 0 unspecified atom stereocenters. The number of esters is 1. The van der Waals surface area contributed by atoms with Crippen molar-refractivity contribution in [3.05, 3.63) is 34.1 Å². The highest BCUT2D eigenvalue weighted by atomic mass is 35.5. The fraction of sp³-hybridized carbons (Fsp3) is 0.429. The van der Waals surface area contributed by atoms with Gasteiger partial charge in [-0.1, -0.05) is 22.9 Å². The van der Waals surface area contributed by atoms with Gasteiger partial charge in [0.1, 0.15) is 10.5 Å². The smallest absolute Gasteiger partial charge is 0.331 e. The molecule has 0 atom stereocenters. The minimum Gasteiger partial charge on any atom is -0.457 e. The number of carbonyl (C=O) groups excluding carboxylic acids is 1. The first-order chi connectivity index (χ1) is 16.2. The summed E-state index contributed by atoms with van der Waals surface area (Å²) in [7, 11) is -3.94. The minimum atomic E-state index is -3.94. The van der Waals surface area contributed by atoms with Gasteiger partial charge in [-0.25, -0.2) is 31.7 Å². The lowest BCUT2D eigenvalue weighted by molar-refractivity contribution is -0.148. The van der Waals surface area contributed by atoms with E-state index in [2.05, 4.69) is 19.9 Å². The molecule has 1 aliphatic rings. The number of imidazole rings is 1. The molecule has 1 saturated carbocycles. The van der Waals surface area contributed by atoms with Crippen LogP contribution in [-0.2, 0) is 19.6 Å². The molecule has 188 valence electrons. The Morgan fingerprint density at radius 2 is 2.03 bits per heavy atom. The highest BCUT2D eigenvalue weighted by Crippen LogP contribution is 2.37. The largest absolute Gasteiger partial charge is 0.457 e. The number of hydrogen-bond donors (Lipinski definition) is 1. The van der Waals surface area contributed by atoms with E-state index in [1.54, 1.807) is 27.7 Å². The second-order valence-corrected chi connectivity index (χ2v) is 12.4. The summed E-state index contributed by atoms with van der Waals surface area (Å²) in [5.74, 6) is -0.585. The number of rotatable bonds is 7. The zero-order valence-electron chi connectivity index (χ0n) is 19.2. The molecule has 0 aliphatic heterocycles. The van der Waals surface area contributed by atoms with Crippen LogP contribution < -0.4 is 4.72 Å². The van der Waals surface area contributed by atoms with Gasteiger partial charge in [-0.05, 0) is 52.7 Å². The molecule has 1 N–H and O–H groups in total. The van der Waals surface area contributed by atoms with Crippen molar-refractivity contribution in [1.29, 1.82) is 0 Å². The molecule has 35 heavy (non-hydrogen) atoms. The van der Waals surface area contributed by atoms with E-state index in [9.17, 15) is 22.0 Å². The molecule has 9 nitrogen and oxygen atoms in total. The number of pyridine rings is 1. The van der Waals surface area contributed by atoms with Crippen molar-refractivity contribution >= 4 is 50.5 Å². The predicted molar refractivity (Wildman–Crippen MR) is 127 cm³/mol. The second-order valence-electron chi connectivity index (χ2n) is 9.34. The molecule has 4 rings (SSSR count). The number of carbonyl (C=O) groups is 1. The Bertz CT molecular complexity index is 1440. The summed E-state index contributed by atoms with van der Waals surface area (Å²) in [5, 5.41) is 6.81. The average Bonchev–Trinajstić information content (AvgIpc) is 3.13. The lowest BCUT2D eigenvalue weighted by Gasteiger charge is -2.17. The number of nitrogens with zero attached hydrogens (tertiary/aromatic N) is 4. The number of hydrogen-bond acceptors (Lipinski definition) is 8. The third-order valence-corrected chi connectivity index (χ3v) is 7.80. The highest BCUT2D eigenvalue weighted by molar-refractivity contribution is 7.89. The van der Waals surface area contributed by atoms with E-state index >= 15 is 0 Å². The summed E-state index contributed by atoms with van der Waals surface area (Å²) in [5.41, 5.74) is -0.791. The molecular weight excluding hydrogens is 524 g/mol. The van der Waals surface area contributed by atoms with Gasteiger partial charge in [0.15, 0.2) is 15.8 Å². The van der Waals surface area contributed by atoms with Gasteiger partial charge in [-0.2, -0.15) is 0 Å². The second kappa shape index (κ2) is 8.87. The SMILES string of the molecule is CC1(NS(=O)(=O)c2cc(Cl)c3c(/C=C/C(=O)OC(C)(C)C)nc(-c4nnc(C(F)F)s4)n3c2)CC1. The first-order valence-electron chi connectivity index (χ1n) is 10.5. The zero-order valence-corrected chi connectivity index (χ0v) is 21.6. The van der Waals surface area contributed by atoms with E-state index in [1.807, 2.05) is 0 Å². The molecule has 0 spiro atoms. The Kier molecular flexibility index (Phi) is 6.49. The van der Waals surface area contributed by atoms with Gasteiger partial charge in [-0.15, -0.1) is 10.2 Å². The first kappa shape index (κ1) is 25.6. The van der Waals surface area contributed by atoms with Gasteiger partial charge < -0.3 is 4.74 Å². The van der Waals surface area contributed by atoms with Crippen molar-refractivity contribution in [3.63, 3.8) is 0 Å². The van der Waals surface area contributed by atoms with Gasteiger partial charge in [0, 0.05) is 17.8 Å². The summed E-state index contributed by atoms with van der Waals surface area (Å²) in [6.07, 6.45) is 2.37. The Labute approximate surface area is 209 Å². The van der Waals surface area contributed by atoms with Crippen LogP contribution >= 0.6 is 22.9 Å². The maximum Gasteiger partial charge on any atom is 0.331 e. The molecule has 3 aromatic rings. The maximum atomic E-state index is 13.1. The number of aromatic nitrogens is 4.